The van der Waals surface area contributed by atoms with Gasteiger partial charge in [0, 0.05) is 17.4 Å². The number of nitrogen functional groups attached to an aromatic ring is 1. The Hall–Kier alpha value is -1.20. The van der Waals surface area contributed by atoms with Crippen molar-refractivity contribution in [1.82, 2.24) is 4.90 Å². The van der Waals surface area contributed by atoms with E-state index in [0.717, 1.165) is 17.9 Å². The molecule has 3 N–H and O–H groups in total. The number of benzene rings is 1. The smallest absolute Gasteiger partial charge is 0.241 e. The fourth-order valence-corrected chi connectivity index (χ4v) is 2.45. The molecule has 2 atom stereocenters. The normalized spacial score (nSPS) is 14.1. The van der Waals surface area contributed by atoms with Gasteiger partial charge in [-0.25, -0.2) is 0 Å². The summed E-state index contributed by atoms with van der Waals surface area (Å²) in [6, 6.07) is 7.42. The Morgan fingerprint density at radius 3 is 2.50 bits per heavy atom. The molecule has 0 spiro atoms. The number of hydrogen-bond acceptors (Lipinski definition) is 4. The van der Waals surface area contributed by atoms with Crippen LogP contribution in [0, 0.1) is 0 Å². The molecule has 0 aliphatic carbocycles. The van der Waals surface area contributed by atoms with Crippen LogP contribution in [0.25, 0.3) is 0 Å². The molecule has 0 aromatic heterocycles. The molecule has 20 heavy (non-hydrogen) atoms. The van der Waals surface area contributed by atoms with Gasteiger partial charge in [-0.2, -0.15) is 11.8 Å². The molecule has 0 saturated heterocycles. The van der Waals surface area contributed by atoms with Crippen LogP contribution in [0.5, 0.6) is 0 Å². The Morgan fingerprint density at radius 1 is 1.35 bits per heavy atom. The number of thioether (sulfide) groups is 1. The van der Waals surface area contributed by atoms with Crippen LogP contribution in [0.3, 0.4) is 0 Å². The maximum Gasteiger partial charge on any atom is 0.241 e. The van der Waals surface area contributed by atoms with Gasteiger partial charge >= 0.3 is 0 Å². The molecule has 0 heterocycles. The first kappa shape index (κ1) is 16.9. The van der Waals surface area contributed by atoms with Crippen LogP contribution in [0.1, 0.15) is 20.3 Å². The third-order valence-electron chi connectivity index (χ3n) is 3.60. The average Bonchev–Trinajstić information content (AvgIpc) is 2.45. The van der Waals surface area contributed by atoms with Crippen LogP contribution in [-0.2, 0) is 4.79 Å². The van der Waals surface area contributed by atoms with E-state index < -0.39 is 0 Å². The van der Waals surface area contributed by atoms with Crippen LogP contribution in [-0.4, -0.2) is 41.9 Å². The first-order chi connectivity index (χ1) is 9.45. The first-order valence-corrected chi connectivity index (χ1v) is 8.22. The van der Waals surface area contributed by atoms with Crippen LogP contribution in [0.4, 0.5) is 11.4 Å². The van der Waals surface area contributed by atoms with Gasteiger partial charge in [0.05, 0.1) is 6.04 Å². The van der Waals surface area contributed by atoms with Gasteiger partial charge in [-0.05, 0) is 63.6 Å². The zero-order valence-corrected chi connectivity index (χ0v) is 13.5. The van der Waals surface area contributed by atoms with Crippen LogP contribution in [0.2, 0.25) is 0 Å². The number of nitrogens with zero attached hydrogens (tertiary/aromatic N) is 1. The lowest BCUT2D eigenvalue weighted by molar-refractivity contribution is -0.120. The Kier molecular flexibility index (Phi) is 6.88. The maximum atomic E-state index is 12.2. The summed E-state index contributed by atoms with van der Waals surface area (Å²) in [5.41, 5.74) is 7.10. The summed E-state index contributed by atoms with van der Waals surface area (Å²) in [4.78, 5) is 14.3. The number of rotatable bonds is 7. The SMILES string of the molecule is CSCCC(C)N(C)C(C)C(=O)Nc1ccc(N)cc1. The van der Waals surface area contributed by atoms with Crippen molar-refractivity contribution in [3.8, 4) is 0 Å². The van der Waals surface area contributed by atoms with E-state index in [9.17, 15) is 4.79 Å². The molecule has 2 unspecified atom stereocenters. The summed E-state index contributed by atoms with van der Waals surface area (Å²) in [6.45, 7) is 4.09. The molecule has 0 aliphatic rings. The van der Waals surface area contributed by atoms with E-state index in [-0.39, 0.29) is 11.9 Å². The maximum absolute atomic E-state index is 12.2. The van der Waals surface area contributed by atoms with E-state index in [2.05, 4.69) is 23.4 Å². The van der Waals surface area contributed by atoms with Crippen molar-refractivity contribution >= 4 is 29.0 Å². The Morgan fingerprint density at radius 2 is 1.95 bits per heavy atom. The van der Waals surface area contributed by atoms with Crippen LogP contribution < -0.4 is 11.1 Å². The fourth-order valence-electron chi connectivity index (χ4n) is 1.87. The Balaban J connectivity index is 2.55. The Labute approximate surface area is 126 Å². The molecule has 0 fully saturated rings. The van der Waals surface area contributed by atoms with Gasteiger partial charge in [0.2, 0.25) is 5.91 Å². The molecule has 1 aromatic carbocycles. The minimum absolute atomic E-state index is 0.00766. The number of anilines is 2. The third kappa shape index (κ3) is 5.06. The lowest BCUT2D eigenvalue weighted by Gasteiger charge is -2.29. The number of carbonyl (C=O) groups excluding carboxylic acids is 1. The molecule has 0 saturated carbocycles. The van der Waals surface area contributed by atoms with Gasteiger partial charge < -0.3 is 11.1 Å². The number of amides is 1. The van der Waals surface area contributed by atoms with Crippen molar-refractivity contribution < 1.29 is 4.79 Å². The minimum Gasteiger partial charge on any atom is -0.399 e. The second kappa shape index (κ2) is 8.17. The van der Waals surface area contributed by atoms with Gasteiger partial charge in [-0.3, -0.25) is 9.69 Å². The van der Waals surface area contributed by atoms with Crippen molar-refractivity contribution in [1.29, 1.82) is 0 Å². The predicted octanol–water partition coefficient (Wildman–Crippen LogP) is 2.67. The molecule has 0 aliphatic heterocycles. The van der Waals surface area contributed by atoms with Crippen molar-refractivity contribution in [3.05, 3.63) is 24.3 Å². The van der Waals surface area contributed by atoms with E-state index in [0.29, 0.717) is 11.7 Å². The van der Waals surface area contributed by atoms with Gasteiger partial charge in [-0.1, -0.05) is 0 Å². The van der Waals surface area contributed by atoms with E-state index in [4.69, 9.17) is 5.73 Å². The highest BCUT2D eigenvalue weighted by atomic mass is 32.2. The quantitative estimate of drug-likeness (QED) is 0.759. The van der Waals surface area contributed by atoms with Crippen LogP contribution >= 0.6 is 11.8 Å². The van der Waals surface area contributed by atoms with Crippen molar-refractivity contribution in [2.75, 3.05) is 30.1 Å². The highest BCUT2D eigenvalue weighted by molar-refractivity contribution is 7.98. The minimum atomic E-state index is -0.163. The summed E-state index contributed by atoms with van der Waals surface area (Å²) in [7, 11) is 2.00. The summed E-state index contributed by atoms with van der Waals surface area (Å²) >= 11 is 1.83. The Bertz CT molecular complexity index is 422. The molecular weight excluding hydrogens is 270 g/mol. The molecule has 112 valence electrons. The van der Waals surface area contributed by atoms with Crippen molar-refractivity contribution in [2.45, 2.75) is 32.4 Å². The van der Waals surface area contributed by atoms with E-state index in [1.165, 1.54) is 0 Å². The fraction of sp³-hybridized carbons (Fsp3) is 0.533. The topological polar surface area (TPSA) is 58.4 Å². The van der Waals surface area contributed by atoms with Crippen molar-refractivity contribution in [2.24, 2.45) is 0 Å². The number of nitrogens with one attached hydrogen (secondary N) is 1. The summed E-state index contributed by atoms with van der Waals surface area (Å²) < 4.78 is 0. The second-order valence-electron chi connectivity index (χ2n) is 5.08. The monoisotopic (exact) mass is 295 g/mol. The highest BCUT2D eigenvalue weighted by Crippen LogP contribution is 2.13. The standard InChI is InChI=1S/C15H25N3OS/c1-11(9-10-20-4)18(3)12(2)15(19)17-14-7-5-13(16)6-8-14/h5-8,11-12H,9-10,16H2,1-4H3,(H,17,19). The number of likely N-dealkylation sites (N-methyl/N-ethyl adjacent to an activating group) is 1. The molecule has 4 nitrogen and oxygen atoms in total. The summed E-state index contributed by atoms with van der Waals surface area (Å²) in [5.74, 6) is 1.12. The zero-order valence-electron chi connectivity index (χ0n) is 12.7. The van der Waals surface area contributed by atoms with Crippen LogP contribution in [0.15, 0.2) is 24.3 Å². The largest absolute Gasteiger partial charge is 0.399 e. The van der Waals surface area contributed by atoms with Gasteiger partial charge in [-0.15, -0.1) is 0 Å². The van der Waals surface area contributed by atoms with Crippen molar-refractivity contribution in [3.63, 3.8) is 0 Å². The molecule has 0 bridgehead atoms. The molecule has 0 radical (unpaired) electrons. The lowest BCUT2D eigenvalue weighted by Crippen LogP contribution is -2.44. The lowest BCUT2D eigenvalue weighted by atomic mass is 10.1. The third-order valence-corrected chi connectivity index (χ3v) is 4.25. The number of carbonyl (C=O) groups is 1. The first-order valence-electron chi connectivity index (χ1n) is 6.83. The molecular formula is C15H25N3OS. The molecule has 1 rings (SSSR count). The highest BCUT2D eigenvalue weighted by Gasteiger charge is 2.21. The number of hydrogen-bond donors (Lipinski definition) is 2. The average molecular weight is 295 g/mol. The van der Waals surface area contributed by atoms with E-state index in [1.54, 1.807) is 12.1 Å². The summed E-state index contributed by atoms with van der Waals surface area (Å²) in [6.07, 6.45) is 3.18. The van der Waals surface area contributed by atoms with Gasteiger partial charge in [0.15, 0.2) is 0 Å². The second-order valence-corrected chi connectivity index (χ2v) is 6.07. The number of nitrogens with two attached hydrogens (primary N) is 1. The molecule has 5 heteroatoms. The predicted molar refractivity (Wildman–Crippen MR) is 89.2 cm³/mol. The zero-order chi connectivity index (χ0) is 15.1. The summed E-state index contributed by atoms with van der Waals surface area (Å²) in [5, 5.41) is 2.92. The molecule has 1 amide bonds. The van der Waals surface area contributed by atoms with Gasteiger partial charge in [0.1, 0.15) is 0 Å². The van der Waals surface area contributed by atoms with E-state index in [1.807, 2.05) is 37.9 Å². The van der Waals surface area contributed by atoms with E-state index >= 15 is 0 Å². The van der Waals surface area contributed by atoms with Gasteiger partial charge in [0.25, 0.3) is 0 Å². The molecule has 1 aromatic rings.